The van der Waals surface area contributed by atoms with Crippen molar-refractivity contribution in [2.75, 3.05) is 0 Å². The third kappa shape index (κ3) is 3.17. The van der Waals surface area contributed by atoms with E-state index in [1.165, 1.54) is 0 Å². The highest BCUT2D eigenvalue weighted by atomic mass is 16.3. The van der Waals surface area contributed by atoms with Gasteiger partial charge < -0.3 is 16.2 Å². The van der Waals surface area contributed by atoms with Crippen molar-refractivity contribution >= 4 is 5.91 Å². The van der Waals surface area contributed by atoms with Gasteiger partial charge in [0, 0.05) is 18.0 Å². The number of hydrogen-bond donors (Lipinski definition) is 3. The van der Waals surface area contributed by atoms with Crippen LogP contribution in [0.3, 0.4) is 0 Å². The zero-order valence-electron chi connectivity index (χ0n) is 13.1. The van der Waals surface area contributed by atoms with E-state index in [0.29, 0.717) is 12.3 Å². The van der Waals surface area contributed by atoms with Gasteiger partial charge in [-0.1, -0.05) is 20.8 Å². The van der Waals surface area contributed by atoms with Crippen molar-refractivity contribution in [1.29, 1.82) is 0 Å². The van der Waals surface area contributed by atoms with Crippen molar-refractivity contribution in [3.63, 3.8) is 0 Å². The molecule has 2 fully saturated rings. The minimum absolute atomic E-state index is 0.0383. The molecule has 4 heteroatoms. The third-order valence-corrected chi connectivity index (χ3v) is 5.81. The van der Waals surface area contributed by atoms with Crippen LogP contribution in [-0.4, -0.2) is 29.2 Å². The molecule has 0 aromatic carbocycles. The van der Waals surface area contributed by atoms with E-state index in [1.54, 1.807) is 0 Å². The molecule has 4 nitrogen and oxygen atoms in total. The Morgan fingerprint density at radius 2 is 1.95 bits per heavy atom. The van der Waals surface area contributed by atoms with E-state index in [1.807, 2.05) is 0 Å². The maximum absolute atomic E-state index is 12.6. The predicted molar refractivity (Wildman–Crippen MR) is 80.0 cm³/mol. The van der Waals surface area contributed by atoms with Gasteiger partial charge in [-0.2, -0.15) is 0 Å². The molecule has 0 aliphatic heterocycles. The highest BCUT2D eigenvalue weighted by Crippen LogP contribution is 2.44. The molecule has 0 spiro atoms. The number of rotatable bonds is 2. The third-order valence-electron chi connectivity index (χ3n) is 5.81. The molecule has 2 rings (SSSR count). The summed E-state index contributed by atoms with van der Waals surface area (Å²) in [6, 6.07) is 0.346. The molecule has 4 N–H and O–H groups in total. The zero-order chi connectivity index (χ0) is 14.9. The number of aliphatic hydroxyl groups excluding tert-OH is 1. The maximum atomic E-state index is 12.6. The molecule has 116 valence electrons. The Labute approximate surface area is 122 Å². The quantitative estimate of drug-likeness (QED) is 0.723. The molecule has 0 saturated heterocycles. The Hall–Kier alpha value is -0.610. The highest BCUT2D eigenvalue weighted by Gasteiger charge is 2.45. The predicted octanol–water partition coefficient (Wildman–Crippen LogP) is 1.81. The number of carbonyl (C=O) groups is 1. The Kier molecular flexibility index (Phi) is 4.75. The van der Waals surface area contributed by atoms with Gasteiger partial charge in [-0.15, -0.1) is 0 Å². The molecule has 1 amide bonds. The summed E-state index contributed by atoms with van der Waals surface area (Å²) in [4.78, 5) is 12.6. The van der Waals surface area contributed by atoms with E-state index < -0.39 is 0 Å². The summed E-state index contributed by atoms with van der Waals surface area (Å²) in [6.45, 7) is 6.49. The second kappa shape index (κ2) is 6.02. The Morgan fingerprint density at radius 1 is 1.25 bits per heavy atom. The van der Waals surface area contributed by atoms with Gasteiger partial charge in [0.05, 0.1) is 6.10 Å². The Morgan fingerprint density at radius 3 is 2.60 bits per heavy atom. The number of nitrogens with one attached hydrogen (secondary N) is 1. The lowest BCUT2D eigenvalue weighted by Gasteiger charge is -2.46. The first-order valence-electron chi connectivity index (χ1n) is 8.06. The minimum Gasteiger partial charge on any atom is -0.393 e. The number of amides is 1. The van der Waals surface area contributed by atoms with Gasteiger partial charge in [-0.25, -0.2) is 0 Å². The van der Waals surface area contributed by atoms with Crippen molar-refractivity contribution in [3.8, 4) is 0 Å². The summed E-state index contributed by atoms with van der Waals surface area (Å²) in [7, 11) is 0. The molecule has 0 aromatic rings. The summed E-state index contributed by atoms with van der Waals surface area (Å²) < 4.78 is 0. The van der Waals surface area contributed by atoms with Crippen molar-refractivity contribution in [1.82, 2.24) is 5.32 Å². The SMILES string of the molecule is CC1C(N)CCC(C(=O)NC2CCCC(O)C2)C1(C)C. The van der Waals surface area contributed by atoms with Crippen molar-refractivity contribution < 1.29 is 9.90 Å². The summed E-state index contributed by atoms with van der Waals surface area (Å²) in [6.07, 6.45) is 5.11. The fraction of sp³-hybridized carbons (Fsp3) is 0.938. The first kappa shape index (κ1) is 15.8. The molecule has 2 aliphatic rings. The molecular weight excluding hydrogens is 252 g/mol. The van der Waals surface area contributed by atoms with E-state index >= 15 is 0 Å². The summed E-state index contributed by atoms with van der Waals surface area (Å²) in [5.74, 6) is 0.549. The van der Waals surface area contributed by atoms with E-state index in [4.69, 9.17) is 5.73 Å². The van der Waals surface area contributed by atoms with Gasteiger partial charge in [0.15, 0.2) is 0 Å². The lowest BCUT2D eigenvalue weighted by Crippen LogP contribution is -2.53. The molecule has 5 unspecified atom stereocenters. The lowest BCUT2D eigenvalue weighted by molar-refractivity contribution is -0.133. The lowest BCUT2D eigenvalue weighted by atomic mass is 9.61. The van der Waals surface area contributed by atoms with Crippen LogP contribution in [0.15, 0.2) is 0 Å². The largest absolute Gasteiger partial charge is 0.393 e. The number of carbonyl (C=O) groups excluding carboxylic acids is 1. The van der Waals surface area contributed by atoms with Gasteiger partial charge in [0.2, 0.25) is 5.91 Å². The van der Waals surface area contributed by atoms with Crippen molar-refractivity contribution in [3.05, 3.63) is 0 Å². The Bertz CT molecular complexity index is 356. The first-order chi connectivity index (χ1) is 9.32. The normalized spacial score (nSPS) is 41.1. The molecule has 0 bridgehead atoms. The molecule has 0 radical (unpaired) electrons. The fourth-order valence-corrected chi connectivity index (χ4v) is 3.92. The second-order valence-electron chi connectivity index (χ2n) is 7.43. The average molecular weight is 282 g/mol. The van der Waals surface area contributed by atoms with Gasteiger partial charge in [0.1, 0.15) is 0 Å². The van der Waals surface area contributed by atoms with E-state index in [9.17, 15) is 9.90 Å². The molecule has 2 aliphatic carbocycles. The van der Waals surface area contributed by atoms with Crippen molar-refractivity contribution in [2.24, 2.45) is 23.0 Å². The zero-order valence-corrected chi connectivity index (χ0v) is 13.1. The van der Waals surface area contributed by atoms with Gasteiger partial charge >= 0.3 is 0 Å². The first-order valence-corrected chi connectivity index (χ1v) is 8.06. The van der Waals surface area contributed by atoms with Crippen LogP contribution in [0.1, 0.15) is 59.3 Å². The fourth-order valence-electron chi connectivity index (χ4n) is 3.92. The molecule has 5 atom stereocenters. The van der Waals surface area contributed by atoms with Gasteiger partial charge in [-0.3, -0.25) is 4.79 Å². The molecular formula is C16H30N2O2. The van der Waals surface area contributed by atoms with E-state index in [-0.39, 0.29) is 35.4 Å². The van der Waals surface area contributed by atoms with Crippen LogP contribution >= 0.6 is 0 Å². The molecule has 0 aromatic heterocycles. The van der Waals surface area contributed by atoms with Crippen molar-refractivity contribution in [2.45, 2.75) is 77.5 Å². The average Bonchev–Trinajstić information content (AvgIpc) is 2.36. The van der Waals surface area contributed by atoms with Crippen LogP contribution in [0, 0.1) is 17.3 Å². The Balaban J connectivity index is 1.98. The van der Waals surface area contributed by atoms with Crippen LogP contribution in [-0.2, 0) is 4.79 Å². The molecule has 0 heterocycles. The summed E-state index contributed by atoms with van der Waals surface area (Å²) in [5, 5.41) is 12.9. The smallest absolute Gasteiger partial charge is 0.223 e. The second-order valence-corrected chi connectivity index (χ2v) is 7.43. The van der Waals surface area contributed by atoms with Gasteiger partial charge in [0.25, 0.3) is 0 Å². The van der Waals surface area contributed by atoms with Crippen LogP contribution in [0.2, 0.25) is 0 Å². The summed E-state index contributed by atoms with van der Waals surface area (Å²) in [5.41, 5.74) is 6.09. The molecule has 2 saturated carbocycles. The van der Waals surface area contributed by atoms with Crippen LogP contribution in [0.25, 0.3) is 0 Å². The highest BCUT2D eigenvalue weighted by molar-refractivity contribution is 5.80. The number of aliphatic hydroxyl groups is 1. The van der Waals surface area contributed by atoms with Crippen LogP contribution < -0.4 is 11.1 Å². The standard InChI is InChI=1S/C16H30N2O2/c1-10-14(17)8-7-13(16(10,2)3)15(20)18-11-5-4-6-12(19)9-11/h10-14,19H,4-9,17H2,1-3H3,(H,18,20). The maximum Gasteiger partial charge on any atom is 0.223 e. The van der Waals surface area contributed by atoms with Crippen LogP contribution in [0.5, 0.6) is 0 Å². The molecule has 20 heavy (non-hydrogen) atoms. The summed E-state index contributed by atoms with van der Waals surface area (Å²) >= 11 is 0. The monoisotopic (exact) mass is 282 g/mol. The van der Waals surface area contributed by atoms with E-state index in [2.05, 4.69) is 26.1 Å². The number of hydrogen-bond acceptors (Lipinski definition) is 3. The minimum atomic E-state index is -0.249. The number of nitrogens with two attached hydrogens (primary N) is 1. The van der Waals surface area contributed by atoms with E-state index in [0.717, 1.165) is 32.1 Å². The van der Waals surface area contributed by atoms with Gasteiger partial charge in [-0.05, 0) is 49.9 Å². The topological polar surface area (TPSA) is 75.4 Å². The van der Waals surface area contributed by atoms with Crippen LogP contribution in [0.4, 0.5) is 0 Å².